The molecule has 0 atom stereocenters. The van der Waals surface area contributed by atoms with Gasteiger partial charge in [0.15, 0.2) is 0 Å². The fraction of sp³-hybridized carbons (Fsp3) is 0.250. The molecule has 0 heterocycles. The minimum Gasteiger partial charge on any atom is -0.0879 e. The van der Waals surface area contributed by atoms with Crippen LogP contribution in [0.2, 0.25) is 0 Å². The van der Waals surface area contributed by atoms with E-state index in [1.165, 1.54) is 0 Å². The predicted molar refractivity (Wildman–Crippen MR) is 56.8 cm³/mol. The summed E-state index contributed by atoms with van der Waals surface area (Å²) >= 11 is 0. The Bertz CT molecular complexity index is 180. The van der Waals surface area contributed by atoms with Crippen molar-refractivity contribution >= 4 is 0 Å². The normalized spacial score (nSPS) is 13.2. The average molecular weight is 161 g/mol. The average Bonchev–Trinajstić information content (AvgIpc) is 2.10. The maximum Gasteiger partial charge on any atom is -0.0166 e. The summed E-state index contributed by atoms with van der Waals surface area (Å²) in [5.74, 6) is 0. The number of rotatable bonds is 5. The molecule has 0 N–H and O–H groups in total. The summed E-state index contributed by atoms with van der Waals surface area (Å²) in [6.07, 6.45) is 18.4. The zero-order valence-electron chi connectivity index (χ0n) is 7.74. The van der Waals surface area contributed by atoms with E-state index in [1.807, 2.05) is 31.2 Å². The van der Waals surface area contributed by atoms with Gasteiger partial charge in [-0.25, -0.2) is 0 Å². The summed E-state index contributed by atoms with van der Waals surface area (Å²) in [6.45, 7) is 5.62. The summed E-state index contributed by atoms with van der Waals surface area (Å²) in [4.78, 5) is 0. The van der Waals surface area contributed by atoms with Gasteiger partial charge in [0.25, 0.3) is 0 Å². The van der Waals surface area contributed by atoms with Gasteiger partial charge in [-0.05, 0) is 26.7 Å². The largest absolute Gasteiger partial charge is 0.0879 e. The second-order valence-electron chi connectivity index (χ2n) is 2.37. The lowest BCUT2D eigenvalue weighted by atomic mass is 10.3. The molecule has 0 aromatic heterocycles. The third-order valence-electron chi connectivity index (χ3n) is 1.32. The molecule has 0 nitrogen and oxygen atoms in total. The van der Waals surface area contributed by atoms with Gasteiger partial charge in [0.1, 0.15) is 0 Å². The van der Waals surface area contributed by atoms with E-state index >= 15 is 0 Å². The quantitative estimate of drug-likeness (QED) is 0.424. The van der Waals surface area contributed by atoms with Crippen molar-refractivity contribution < 1.29 is 0 Å². The van der Waals surface area contributed by atoms with Crippen LogP contribution in [0.5, 0.6) is 0 Å². The molecule has 0 aliphatic heterocycles. The van der Waals surface area contributed by atoms with Gasteiger partial charge in [0.2, 0.25) is 0 Å². The van der Waals surface area contributed by atoms with Crippen LogP contribution < -0.4 is 0 Å². The van der Waals surface area contributed by atoms with E-state index in [-0.39, 0.29) is 0 Å². The summed E-state index contributed by atoms with van der Waals surface area (Å²) in [6, 6.07) is 0. The first-order chi connectivity index (χ1) is 5.91. The molecule has 0 aromatic rings. The zero-order chi connectivity index (χ0) is 9.07. The number of allylic oxidation sites excluding steroid dienone is 8. The lowest BCUT2D eigenvalue weighted by Crippen LogP contribution is -1.59. The Hall–Kier alpha value is -1.04. The number of hydrogen-bond donors (Lipinski definition) is 0. The Morgan fingerprint density at radius 2 is 1.58 bits per heavy atom. The van der Waals surface area contributed by atoms with Crippen molar-refractivity contribution in [2.75, 3.05) is 0 Å². The zero-order valence-corrected chi connectivity index (χ0v) is 7.74. The second-order valence-corrected chi connectivity index (χ2v) is 2.37. The molecule has 0 aliphatic rings. The van der Waals surface area contributed by atoms with Crippen LogP contribution in [-0.2, 0) is 0 Å². The minimum atomic E-state index is 0.987. The molecule has 0 aliphatic carbocycles. The monoisotopic (exact) mass is 161 g/mol. The van der Waals surface area contributed by atoms with E-state index in [1.54, 1.807) is 0 Å². The van der Waals surface area contributed by atoms with Crippen molar-refractivity contribution in [2.24, 2.45) is 0 Å². The maximum absolute atomic E-state index is 3.61. The first kappa shape index (κ1) is 11.0. The molecule has 0 saturated carbocycles. The Labute approximate surface area is 76.0 Å². The highest BCUT2D eigenvalue weighted by molar-refractivity contribution is 5.04. The van der Waals surface area contributed by atoms with Gasteiger partial charge >= 0.3 is 0 Å². The van der Waals surface area contributed by atoms with E-state index in [9.17, 15) is 0 Å². The fourth-order valence-corrected chi connectivity index (χ4v) is 0.714. The molecule has 0 bridgehead atoms. The van der Waals surface area contributed by atoms with Crippen molar-refractivity contribution in [1.82, 2.24) is 0 Å². The Balaban J connectivity index is 3.35. The van der Waals surface area contributed by atoms with Gasteiger partial charge in [-0.3, -0.25) is 0 Å². The van der Waals surface area contributed by atoms with Crippen LogP contribution in [0.15, 0.2) is 48.6 Å². The SMILES string of the molecule is [CH2]/C=C/C/C=C/C/C=C/C=C/C. The van der Waals surface area contributed by atoms with Crippen LogP contribution in [0.25, 0.3) is 0 Å². The van der Waals surface area contributed by atoms with Gasteiger partial charge in [-0.1, -0.05) is 48.6 Å². The predicted octanol–water partition coefficient (Wildman–Crippen LogP) is 3.85. The van der Waals surface area contributed by atoms with Crippen molar-refractivity contribution in [3.8, 4) is 0 Å². The molecular weight excluding hydrogens is 144 g/mol. The summed E-state index contributed by atoms with van der Waals surface area (Å²) < 4.78 is 0. The van der Waals surface area contributed by atoms with Crippen LogP contribution in [-0.4, -0.2) is 0 Å². The standard InChI is InChI=1S/C12H17/c1-3-5-7-9-11-12-10-8-6-4-2/h3-6,8-11H,1,7,12H2,2H3/b5-3+,6-4+,10-8+,11-9+. The number of hydrogen-bond acceptors (Lipinski definition) is 0. The van der Waals surface area contributed by atoms with Crippen LogP contribution in [0.4, 0.5) is 0 Å². The first-order valence-electron chi connectivity index (χ1n) is 4.29. The Morgan fingerprint density at radius 3 is 2.17 bits per heavy atom. The third kappa shape index (κ3) is 8.96. The smallest absolute Gasteiger partial charge is 0.0166 e. The van der Waals surface area contributed by atoms with E-state index < -0.39 is 0 Å². The van der Waals surface area contributed by atoms with Crippen molar-refractivity contribution in [3.63, 3.8) is 0 Å². The molecule has 0 unspecified atom stereocenters. The van der Waals surface area contributed by atoms with Crippen molar-refractivity contribution in [2.45, 2.75) is 19.8 Å². The third-order valence-corrected chi connectivity index (χ3v) is 1.32. The lowest BCUT2D eigenvalue weighted by molar-refractivity contribution is 1.31. The minimum absolute atomic E-state index is 0.987. The van der Waals surface area contributed by atoms with Gasteiger partial charge < -0.3 is 0 Å². The van der Waals surface area contributed by atoms with Crippen LogP contribution in [0, 0.1) is 6.92 Å². The van der Waals surface area contributed by atoms with Crippen LogP contribution in [0.3, 0.4) is 0 Å². The molecule has 0 aromatic carbocycles. The molecule has 0 spiro atoms. The lowest BCUT2D eigenvalue weighted by Gasteiger charge is -1.80. The van der Waals surface area contributed by atoms with Crippen LogP contribution in [0.1, 0.15) is 19.8 Å². The van der Waals surface area contributed by atoms with E-state index in [0.29, 0.717) is 0 Å². The van der Waals surface area contributed by atoms with Crippen molar-refractivity contribution in [1.29, 1.82) is 0 Å². The molecular formula is C12H17. The van der Waals surface area contributed by atoms with Gasteiger partial charge in [-0.2, -0.15) is 0 Å². The molecule has 0 heteroatoms. The molecule has 65 valence electrons. The first-order valence-corrected chi connectivity index (χ1v) is 4.29. The molecule has 0 saturated heterocycles. The van der Waals surface area contributed by atoms with E-state index in [4.69, 9.17) is 0 Å². The summed E-state index contributed by atoms with van der Waals surface area (Å²) in [5, 5.41) is 0. The van der Waals surface area contributed by atoms with E-state index in [2.05, 4.69) is 31.2 Å². The summed E-state index contributed by atoms with van der Waals surface area (Å²) in [5.41, 5.74) is 0. The van der Waals surface area contributed by atoms with Gasteiger partial charge in [-0.15, -0.1) is 0 Å². The molecule has 0 amide bonds. The topological polar surface area (TPSA) is 0 Å². The second kappa shape index (κ2) is 9.96. The molecule has 12 heavy (non-hydrogen) atoms. The molecule has 0 rings (SSSR count). The van der Waals surface area contributed by atoms with Gasteiger partial charge in [0.05, 0.1) is 0 Å². The fourth-order valence-electron chi connectivity index (χ4n) is 0.714. The molecule has 0 fully saturated rings. The highest BCUT2D eigenvalue weighted by Gasteiger charge is 1.69. The van der Waals surface area contributed by atoms with E-state index in [0.717, 1.165) is 12.8 Å². The summed E-state index contributed by atoms with van der Waals surface area (Å²) in [7, 11) is 0. The molecule has 1 radical (unpaired) electrons. The Morgan fingerprint density at radius 1 is 0.917 bits per heavy atom. The maximum atomic E-state index is 3.61. The van der Waals surface area contributed by atoms with Gasteiger partial charge in [0, 0.05) is 0 Å². The highest BCUT2D eigenvalue weighted by Crippen LogP contribution is 1.90. The van der Waals surface area contributed by atoms with Crippen molar-refractivity contribution in [3.05, 3.63) is 55.5 Å². The highest BCUT2D eigenvalue weighted by atomic mass is 13.8. The Kier molecular flexibility index (Phi) is 9.10. The van der Waals surface area contributed by atoms with Crippen LogP contribution >= 0.6 is 0 Å².